The van der Waals surface area contributed by atoms with Gasteiger partial charge in [-0.25, -0.2) is 14.8 Å². The zero-order chi connectivity index (χ0) is 26.2. The molecule has 188 valence electrons. The lowest BCUT2D eigenvalue weighted by Crippen LogP contribution is -2.38. The van der Waals surface area contributed by atoms with Crippen LogP contribution in [-0.4, -0.2) is 40.8 Å². The van der Waals surface area contributed by atoms with Crippen LogP contribution in [-0.2, 0) is 28.9 Å². The normalized spacial score (nSPS) is 11.7. The molecule has 0 fully saturated rings. The molecule has 0 radical (unpaired) electrons. The fourth-order valence-electron chi connectivity index (χ4n) is 3.38. The molecule has 4 heterocycles. The van der Waals surface area contributed by atoms with Gasteiger partial charge in [-0.2, -0.15) is 13.2 Å². The molecule has 4 rings (SSSR count). The quantitative estimate of drug-likeness (QED) is 0.380. The Morgan fingerprint density at radius 1 is 1.19 bits per heavy atom. The van der Waals surface area contributed by atoms with E-state index in [4.69, 9.17) is 0 Å². The predicted molar refractivity (Wildman–Crippen MR) is 124 cm³/mol. The number of halogens is 3. The number of fused-ring (bicyclic) bond motifs is 1. The Morgan fingerprint density at radius 3 is 2.64 bits per heavy atom. The first-order chi connectivity index (χ1) is 17.0. The Hall–Kier alpha value is -4.14. The van der Waals surface area contributed by atoms with Crippen molar-refractivity contribution in [2.45, 2.75) is 39.5 Å². The van der Waals surface area contributed by atoms with E-state index in [0.29, 0.717) is 0 Å². The van der Waals surface area contributed by atoms with Gasteiger partial charge in [-0.3, -0.25) is 28.9 Å². The number of aromatic amines is 1. The second kappa shape index (κ2) is 9.49. The number of ketones is 1. The number of Topliss-reactive ketones (excluding diaryl/α,β-unsaturated/α-hetero) is 1. The summed E-state index contributed by atoms with van der Waals surface area (Å²) in [5.74, 6) is -0.833. The van der Waals surface area contributed by atoms with Gasteiger partial charge in [0, 0.05) is 29.3 Å². The molecule has 4 aromatic rings. The van der Waals surface area contributed by atoms with Gasteiger partial charge in [-0.15, -0.1) is 11.3 Å². The third-order valence-corrected chi connectivity index (χ3v) is 6.10. The predicted octanol–water partition coefficient (Wildman–Crippen LogP) is 2.35. The SMILES string of the molecule is CCC(=O)Cn1c(=O)[nH]c2ncn(CC(=O)Nc3csc(-c4cnc(C)c(C(F)(F)F)c4)n3)c2c1=O. The van der Waals surface area contributed by atoms with E-state index in [2.05, 4.69) is 25.3 Å². The van der Waals surface area contributed by atoms with Crippen LogP contribution in [0.15, 0.2) is 33.6 Å². The molecule has 0 aliphatic carbocycles. The zero-order valence-corrected chi connectivity index (χ0v) is 19.7. The van der Waals surface area contributed by atoms with Crippen LogP contribution in [0.5, 0.6) is 0 Å². The van der Waals surface area contributed by atoms with Crippen molar-refractivity contribution >= 4 is 40.0 Å². The van der Waals surface area contributed by atoms with Crippen LogP contribution in [0.3, 0.4) is 0 Å². The van der Waals surface area contributed by atoms with E-state index in [1.165, 1.54) is 29.4 Å². The number of hydrogen-bond acceptors (Lipinski definition) is 8. The Morgan fingerprint density at radius 2 is 1.94 bits per heavy atom. The van der Waals surface area contributed by atoms with Gasteiger partial charge >= 0.3 is 11.9 Å². The number of amides is 1. The summed E-state index contributed by atoms with van der Waals surface area (Å²) < 4.78 is 41.5. The maximum absolute atomic E-state index is 13.2. The summed E-state index contributed by atoms with van der Waals surface area (Å²) in [5, 5.41) is 4.18. The second-order valence-corrected chi connectivity index (χ2v) is 8.58. The first-order valence-corrected chi connectivity index (χ1v) is 11.3. The molecule has 4 aromatic heterocycles. The monoisotopic (exact) mass is 521 g/mol. The number of imidazole rings is 1. The molecule has 2 N–H and O–H groups in total. The molecule has 0 saturated carbocycles. The van der Waals surface area contributed by atoms with Crippen molar-refractivity contribution in [2.75, 3.05) is 5.32 Å². The number of alkyl halides is 3. The minimum absolute atomic E-state index is 0.0405. The summed E-state index contributed by atoms with van der Waals surface area (Å²) in [6, 6.07) is 0.944. The van der Waals surface area contributed by atoms with Crippen molar-refractivity contribution in [1.82, 2.24) is 29.1 Å². The Kier molecular flexibility index (Phi) is 6.58. The number of rotatable bonds is 7. The highest BCUT2D eigenvalue weighted by molar-refractivity contribution is 7.13. The molecule has 36 heavy (non-hydrogen) atoms. The van der Waals surface area contributed by atoms with E-state index in [0.717, 1.165) is 22.0 Å². The van der Waals surface area contributed by atoms with Gasteiger partial charge in [0.1, 0.15) is 17.4 Å². The first kappa shape index (κ1) is 25.0. The van der Waals surface area contributed by atoms with Gasteiger partial charge in [0.05, 0.1) is 18.4 Å². The van der Waals surface area contributed by atoms with E-state index in [1.807, 2.05) is 0 Å². The molecular formula is C21H18F3N7O4S. The molecule has 0 aliphatic rings. The van der Waals surface area contributed by atoms with Crippen molar-refractivity contribution in [3.8, 4) is 10.6 Å². The van der Waals surface area contributed by atoms with E-state index >= 15 is 0 Å². The Labute approximate surface area is 203 Å². The van der Waals surface area contributed by atoms with Crippen LogP contribution in [0.4, 0.5) is 19.0 Å². The molecule has 0 aromatic carbocycles. The fourth-order valence-corrected chi connectivity index (χ4v) is 4.11. The standard InChI is InChI=1S/C21H18F3N7O4S/c1-3-12(32)6-31-19(34)16-17(29-20(31)35)26-9-30(16)7-15(33)27-14-8-36-18(28-14)11-4-13(21(22,23)24)10(2)25-5-11/h4-5,8-9H,3,6-7H2,1-2H3,(H,27,33)(H,29,35). The van der Waals surface area contributed by atoms with E-state index in [-0.39, 0.29) is 52.0 Å². The maximum Gasteiger partial charge on any atom is 0.418 e. The summed E-state index contributed by atoms with van der Waals surface area (Å²) in [5.41, 5.74) is -2.58. The fraction of sp³-hybridized carbons (Fsp3) is 0.286. The molecular weight excluding hydrogens is 503 g/mol. The number of anilines is 1. The summed E-state index contributed by atoms with van der Waals surface area (Å²) in [4.78, 5) is 63.6. The number of nitrogens with zero attached hydrogens (tertiary/aromatic N) is 5. The molecule has 15 heteroatoms. The summed E-state index contributed by atoms with van der Waals surface area (Å²) in [6.07, 6.45) is -1.97. The number of carbonyl (C=O) groups is 2. The topological polar surface area (TPSA) is 145 Å². The van der Waals surface area contributed by atoms with E-state index in [1.54, 1.807) is 6.92 Å². The number of nitrogens with one attached hydrogen (secondary N) is 2. The number of thiazole rings is 1. The average molecular weight is 521 g/mol. The van der Waals surface area contributed by atoms with Crippen LogP contribution < -0.4 is 16.6 Å². The van der Waals surface area contributed by atoms with Gasteiger partial charge in [-0.1, -0.05) is 6.92 Å². The molecule has 0 aliphatic heterocycles. The minimum atomic E-state index is -4.57. The number of H-pyrrole nitrogens is 1. The van der Waals surface area contributed by atoms with Crippen molar-refractivity contribution < 1.29 is 22.8 Å². The van der Waals surface area contributed by atoms with Crippen LogP contribution in [0, 0.1) is 6.92 Å². The molecule has 0 spiro atoms. The maximum atomic E-state index is 13.2. The number of carbonyl (C=O) groups excluding carboxylic acids is 2. The molecule has 0 bridgehead atoms. The highest BCUT2D eigenvalue weighted by Crippen LogP contribution is 2.34. The number of pyridine rings is 1. The molecule has 1 amide bonds. The largest absolute Gasteiger partial charge is 0.418 e. The number of hydrogen-bond donors (Lipinski definition) is 2. The van der Waals surface area contributed by atoms with E-state index in [9.17, 15) is 32.3 Å². The lowest BCUT2D eigenvalue weighted by atomic mass is 10.1. The van der Waals surface area contributed by atoms with Gasteiger partial charge < -0.3 is 9.88 Å². The molecule has 0 atom stereocenters. The number of aryl methyl sites for hydroxylation is 1. The van der Waals surface area contributed by atoms with Gasteiger partial charge in [0.25, 0.3) is 5.56 Å². The summed E-state index contributed by atoms with van der Waals surface area (Å²) >= 11 is 1.02. The Balaban J connectivity index is 1.55. The van der Waals surface area contributed by atoms with Gasteiger partial charge in [0.2, 0.25) is 5.91 Å². The first-order valence-electron chi connectivity index (χ1n) is 10.5. The van der Waals surface area contributed by atoms with Gasteiger partial charge in [-0.05, 0) is 13.0 Å². The highest BCUT2D eigenvalue weighted by atomic mass is 32.1. The molecule has 0 saturated heterocycles. The second-order valence-electron chi connectivity index (χ2n) is 7.72. The van der Waals surface area contributed by atoms with Crippen molar-refractivity contribution in [2.24, 2.45) is 0 Å². The minimum Gasteiger partial charge on any atom is -0.315 e. The molecule has 0 unspecified atom stereocenters. The lowest BCUT2D eigenvalue weighted by molar-refractivity contribution is -0.138. The van der Waals surface area contributed by atoms with Crippen LogP contribution in [0.25, 0.3) is 21.7 Å². The van der Waals surface area contributed by atoms with Crippen molar-refractivity contribution in [3.63, 3.8) is 0 Å². The summed E-state index contributed by atoms with van der Waals surface area (Å²) in [6.45, 7) is 2.06. The average Bonchev–Trinajstić information content (AvgIpc) is 3.43. The third kappa shape index (κ3) is 4.95. The van der Waals surface area contributed by atoms with Gasteiger partial charge in [0.15, 0.2) is 16.9 Å². The van der Waals surface area contributed by atoms with E-state index < -0.39 is 35.4 Å². The zero-order valence-electron chi connectivity index (χ0n) is 18.8. The van der Waals surface area contributed by atoms with Crippen LogP contribution >= 0.6 is 11.3 Å². The van der Waals surface area contributed by atoms with Crippen molar-refractivity contribution in [1.29, 1.82) is 0 Å². The van der Waals surface area contributed by atoms with Crippen LogP contribution in [0.2, 0.25) is 0 Å². The molecule has 11 nitrogen and oxygen atoms in total. The lowest BCUT2D eigenvalue weighted by Gasteiger charge is -2.10. The highest BCUT2D eigenvalue weighted by Gasteiger charge is 2.33. The van der Waals surface area contributed by atoms with Crippen molar-refractivity contribution in [3.05, 3.63) is 56.1 Å². The smallest absolute Gasteiger partial charge is 0.315 e. The van der Waals surface area contributed by atoms with Crippen LogP contribution in [0.1, 0.15) is 24.6 Å². The summed E-state index contributed by atoms with van der Waals surface area (Å²) in [7, 11) is 0. The number of aromatic nitrogens is 6. The third-order valence-electron chi connectivity index (χ3n) is 5.21. The Bertz CT molecular complexity index is 1600.